The van der Waals surface area contributed by atoms with Crippen LogP contribution < -0.4 is 11.1 Å². The minimum atomic E-state index is 0.0313. The van der Waals surface area contributed by atoms with Crippen molar-refractivity contribution in [1.29, 1.82) is 0 Å². The van der Waals surface area contributed by atoms with Crippen molar-refractivity contribution in [1.82, 2.24) is 4.98 Å². The smallest absolute Gasteiger partial charge is 0.159 e. The number of rotatable bonds is 3. The standard InChI is InChI=1S/C14H15N3O/c1-9-6-7-16-14(13(9)15)17-12-5-3-4-11(8-12)10(2)18/h3-8H,15H2,1-2H3,(H,16,17). The molecule has 0 atom stereocenters. The highest BCUT2D eigenvalue weighted by atomic mass is 16.1. The Balaban J connectivity index is 2.31. The van der Waals surface area contributed by atoms with Gasteiger partial charge in [0, 0.05) is 17.4 Å². The lowest BCUT2D eigenvalue weighted by Gasteiger charge is -2.10. The number of pyridine rings is 1. The van der Waals surface area contributed by atoms with E-state index < -0.39 is 0 Å². The summed E-state index contributed by atoms with van der Waals surface area (Å²) in [6, 6.07) is 9.11. The molecule has 0 aliphatic heterocycles. The zero-order valence-electron chi connectivity index (χ0n) is 10.4. The van der Waals surface area contributed by atoms with E-state index >= 15 is 0 Å². The topological polar surface area (TPSA) is 68.0 Å². The molecule has 1 aromatic carbocycles. The molecule has 0 amide bonds. The summed E-state index contributed by atoms with van der Waals surface area (Å²) in [5.41, 5.74) is 8.98. The minimum absolute atomic E-state index is 0.0313. The summed E-state index contributed by atoms with van der Waals surface area (Å²) < 4.78 is 0. The van der Waals surface area contributed by atoms with Crippen molar-refractivity contribution in [2.75, 3.05) is 11.1 Å². The number of nitrogens with two attached hydrogens (primary N) is 1. The molecule has 1 heterocycles. The average Bonchev–Trinajstić information content (AvgIpc) is 2.35. The van der Waals surface area contributed by atoms with Crippen LogP contribution >= 0.6 is 0 Å². The zero-order chi connectivity index (χ0) is 13.1. The molecule has 1 aromatic heterocycles. The highest BCUT2D eigenvalue weighted by Crippen LogP contribution is 2.23. The van der Waals surface area contributed by atoms with Gasteiger partial charge in [0.2, 0.25) is 0 Å². The van der Waals surface area contributed by atoms with Crippen LogP contribution in [0.5, 0.6) is 0 Å². The largest absolute Gasteiger partial charge is 0.396 e. The van der Waals surface area contributed by atoms with Crippen LogP contribution in [0.3, 0.4) is 0 Å². The Morgan fingerprint density at radius 1 is 1.33 bits per heavy atom. The second-order valence-corrected chi connectivity index (χ2v) is 4.15. The van der Waals surface area contributed by atoms with Crippen molar-refractivity contribution in [2.45, 2.75) is 13.8 Å². The van der Waals surface area contributed by atoms with Gasteiger partial charge in [0.25, 0.3) is 0 Å². The Hall–Kier alpha value is -2.36. The molecule has 0 radical (unpaired) electrons. The highest BCUT2D eigenvalue weighted by Gasteiger charge is 2.05. The lowest BCUT2D eigenvalue weighted by Crippen LogP contribution is -2.01. The Morgan fingerprint density at radius 2 is 2.11 bits per heavy atom. The molecule has 0 bridgehead atoms. The van der Waals surface area contributed by atoms with E-state index in [2.05, 4.69) is 10.3 Å². The number of carbonyl (C=O) groups is 1. The maximum absolute atomic E-state index is 11.3. The van der Waals surface area contributed by atoms with Gasteiger partial charge in [0.15, 0.2) is 11.6 Å². The maximum Gasteiger partial charge on any atom is 0.159 e. The summed E-state index contributed by atoms with van der Waals surface area (Å²) in [5, 5.41) is 3.12. The van der Waals surface area contributed by atoms with E-state index in [-0.39, 0.29) is 5.78 Å². The Bertz CT molecular complexity index is 593. The third kappa shape index (κ3) is 2.48. The predicted molar refractivity (Wildman–Crippen MR) is 73.1 cm³/mol. The molecule has 2 rings (SSSR count). The molecule has 0 spiro atoms. The van der Waals surface area contributed by atoms with Crippen molar-refractivity contribution in [3.63, 3.8) is 0 Å². The van der Waals surface area contributed by atoms with Gasteiger partial charge in [-0.25, -0.2) is 4.98 Å². The molecule has 0 aliphatic carbocycles. The van der Waals surface area contributed by atoms with Crippen LogP contribution in [0.2, 0.25) is 0 Å². The Morgan fingerprint density at radius 3 is 2.83 bits per heavy atom. The Labute approximate surface area is 106 Å². The predicted octanol–water partition coefficient (Wildman–Crippen LogP) is 2.92. The number of benzene rings is 1. The molecule has 0 saturated carbocycles. The molecule has 4 heteroatoms. The monoisotopic (exact) mass is 241 g/mol. The fourth-order valence-corrected chi connectivity index (χ4v) is 1.62. The lowest BCUT2D eigenvalue weighted by atomic mass is 10.1. The summed E-state index contributed by atoms with van der Waals surface area (Å²) in [6.45, 7) is 3.46. The van der Waals surface area contributed by atoms with Gasteiger partial charge in [0.1, 0.15) is 0 Å². The number of hydrogen-bond acceptors (Lipinski definition) is 4. The van der Waals surface area contributed by atoms with Crippen molar-refractivity contribution in [3.8, 4) is 0 Å². The first-order chi connectivity index (χ1) is 8.58. The van der Waals surface area contributed by atoms with Gasteiger partial charge in [-0.05, 0) is 37.6 Å². The Kier molecular flexibility index (Phi) is 3.28. The quantitative estimate of drug-likeness (QED) is 0.811. The van der Waals surface area contributed by atoms with Crippen molar-refractivity contribution < 1.29 is 4.79 Å². The molecule has 3 N–H and O–H groups in total. The van der Waals surface area contributed by atoms with Crippen molar-refractivity contribution in [3.05, 3.63) is 47.7 Å². The SMILES string of the molecule is CC(=O)c1cccc(Nc2nccc(C)c2N)c1. The van der Waals surface area contributed by atoms with Gasteiger partial charge in [-0.15, -0.1) is 0 Å². The van der Waals surface area contributed by atoms with E-state index in [0.29, 0.717) is 17.1 Å². The molecular formula is C14H15N3O. The molecule has 0 aliphatic rings. The number of aromatic nitrogens is 1. The molecular weight excluding hydrogens is 226 g/mol. The number of ketones is 1. The number of hydrogen-bond donors (Lipinski definition) is 2. The van der Waals surface area contributed by atoms with Gasteiger partial charge < -0.3 is 11.1 Å². The first-order valence-corrected chi connectivity index (χ1v) is 5.67. The van der Waals surface area contributed by atoms with Crippen LogP contribution in [0, 0.1) is 6.92 Å². The molecule has 92 valence electrons. The van der Waals surface area contributed by atoms with Gasteiger partial charge in [-0.1, -0.05) is 12.1 Å². The lowest BCUT2D eigenvalue weighted by molar-refractivity contribution is 0.101. The fraction of sp³-hybridized carbons (Fsp3) is 0.143. The maximum atomic E-state index is 11.3. The normalized spacial score (nSPS) is 10.1. The van der Waals surface area contributed by atoms with Crippen LogP contribution in [-0.2, 0) is 0 Å². The summed E-state index contributed by atoms with van der Waals surface area (Å²) in [6.07, 6.45) is 1.70. The van der Waals surface area contributed by atoms with Crippen molar-refractivity contribution >= 4 is 23.0 Å². The first-order valence-electron chi connectivity index (χ1n) is 5.67. The van der Waals surface area contributed by atoms with E-state index in [1.54, 1.807) is 25.3 Å². The van der Waals surface area contributed by atoms with Gasteiger partial charge in [-0.2, -0.15) is 0 Å². The number of anilines is 3. The van der Waals surface area contributed by atoms with Gasteiger partial charge in [0.05, 0.1) is 5.69 Å². The van der Waals surface area contributed by atoms with Gasteiger partial charge in [-0.3, -0.25) is 4.79 Å². The van der Waals surface area contributed by atoms with Gasteiger partial charge >= 0.3 is 0 Å². The molecule has 4 nitrogen and oxygen atoms in total. The van der Waals surface area contributed by atoms with E-state index in [0.717, 1.165) is 11.3 Å². The third-order valence-corrected chi connectivity index (χ3v) is 2.74. The van der Waals surface area contributed by atoms with Crippen molar-refractivity contribution in [2.24, 2.45) is 0 Å². The molecule has 2 aromatic rings. The van der Waals surface area contributed by atoms with Crippen LogP contribution in [0.15, 0.2) is 36.5 Å². The zero-order valence-corrected chi connectivity index (χ0v) is 10.4. The molecule has 0 saturated heterocycles. The summed E-state index contributed by atoms with van der Waals surface area (Å²) in [7, 11) is 0. The summed E-state index contributed by atoms with van der Waals surface area (Å²) >= 11 is 0. The van der Waals surface area contributed by atoms with E-state index in [1.165, 1.54) is 0 Å². The first kappa shape index (κ1) is 12.1. The fourth-order valence-electron chi connectivity index (χ4n) is 1.62. The summed E-state index contributed by atoms with van der Waals surface area (Å²) in [5.74, 6) is 0.638. The molecule has 18 heavy (non-hydrogen) atoms. The van der Waals surface area contributed by atoms with Crippen LogP contribution in [0.1, 0.15) is 22.8 Å². The summed E-state index contributed by atoms with van der Waals surface area (Å²) in [4.78, 5) is 15.5. The van der Waals surface area contributed by atoms with E-state index in [1.807, 2.05) is 25.1 Å². The van der Waals surface area contributed by atoms with E-state index in [9.17, 15) is 4.79 Å². The average molecular weight is 241 g/mol. The number of Topliss-reactive ketones (excluding diaryl/α,β-unsaturated/α-hetero) is 1. The second kappa shape index (κ2) is 4.87. The molecule has 0 unspecified atom stereocenters. The number of aryl methyl sites for hydroxylation is 1. The molecule has 0 fully saturated rings. The number of nitrogens with one attached hydrogen (secondary N) is 1. The number of nitrogen functional groups attached to an aromatic ring is 1. The second-order valence-electron chi connectivity index (χ2n) is 4.15. The van der Waals surface area contributed by atoms with Crippen LogP contribution in [0.25, 0.3) is 0 Å². The highest BCUT2D eigenvalue weighted by molar-refractivity contribution is 5.95. The van der Waals surface area contributed by atoms with Crippen LogP contribution in [-0.4, -0.2) is 10.8 Å². The van der Waals surface area contributed by atoms with Crippen LogP contribution in [0.4, 0.5) is 17.2 Å². The number of nitrogens with zero attached hydrogens (tertiary/aromatic N) is 1. The van der Waals surface area contributed by atoms with E-state index in [4.69, 9.17) is 5.73 Å². The number of carbonyl (C=O) groups excluding carboxylic acids is 1. The third-order valence-electron chi connectivity index (χ3n) is 2.74. The minimum Gasteiger partial charge on any atom is -0.396 e.